The molecule has 2 aliphatic rings. The van der Waals surface area contributed by atoms with E-state index in [2.05, 4.69) is 25.0 Å². The van der Waals surface area contributed by atoms with Crippen molar-refractivity contribution in [3.63, 3.8) is 0 Å². The topological polar surface area (TPSA) is 87.9 Å². The van der Waals surface area contributed by atoms with Gasteiger partial charge in [0.1, 0.15) is 0 Å². The first-order chi connectivity index (χ1) is 13.8. The fourth-order valence-electron chi connectivity index (χ4n) is 4.59. The molecule has 1 saturated carbocycles. The second-order valence-corrected chi connectivity index (χ2v) is 8.02. The number of aromatic amines is 1. The summed E-state index contributed by atoms with van der Waals surface area (Å²) in [6, 6.07) is 6.27. The van der Waals surface area contributed by atoms with E-state index in [9.17, 15) is 4.79 Å². The fourth-order valence-corrected chi connectivity index (χ4v) is 4.59. The van der Waals surface area contributed by atoms with Crippen molar-refractivity contribution in [3.8, 4) is 11.4 Å². The Balaban J connectivity index is 1.35. The molecule has 1 amide bonds. The van der Waals surface area contributed by atoms with Crippen LogP contribution in [0.3, 0.4) is 0 Å². The normalized spacial score (nSPS) is 21.9. The van der Waals surface area contributed by atoms with Crippen LogP contribution in [0.4, 0.5) is 0 Å². The largest absolute Gasteiger partial charge is 0.345 e. The van der Waals surface area contributed by atoms with Crippen LogP contribution in [0.1, 0.15) is 63.2 Å². The van der Waals surface area contributed by atoms with Crippen LogP contribution in [-0.2, 0) is 4.79 Å². The van der Waals surface area contributed by atoms with E-state index in [0.717, 1.165) is 35.9 Å². The average molecular weight is 379 g/mol. The van der Waals surface area contributed by atoms with Gasteiger partial charge in [-0.1, -0.05) is 30.8 Å². The molecule has 1 aliphatic carbocycles. The summed E-state index contributed by atoms with van der Waals surface area (Å²) < 4.78 is 5.62. The quantitative estimate of drug-likeness (QED) is 0.694. The summed E-state index contributed by atoms with van der Waals surface area (Å²) in [5, 5.41) is 4.20. The Morgan fingerprint density at radius 1 is 1.11 bits per heavy atom. The lowest BCUT2D eigenvalue weighted by Crippen LogP contribution is -2.45. The lowest BCUT2D eigenvalue weighted by atomic mass is 9.94. The third-order valence-electron chi connectivity index (χ3n) is 6.18. The zero-order valence-corrected chi connectivity index (χ0v) is 15.9. The SMILES string of the molecule is O=C1CC[C@@H](c2nc(-c3ccc4nc[nH]c4c3)no2)CN1C1CCCCCC1. The third kappa shape index (κ3) is 3.30. The Hall–Kier alpha value is -2.70. The van der Waals surface area contributed by atoms with Gasteiger partial charge in [-0.05, 0) is 37.5 Å². The minimum Gasteiger partial charge on any atom is -0.345 e. The number of nitrogens with zero attached hydrogens (tertiary/aromatic N) is 4. The number of carbonyl (C=O) groups excluding carboxylic acids is 1. The number of aromatic nitrogens is 4. The van der Waals surface area contributed by atoms with E-state index in [1.54, 1.807) is 6.33 Å². The number of benzene rings is 1. The van der Waals surface area contributed by atoms with Crippen molar-refractivity contribution >= 4 is 16.9 Å². The number of nitrogens with one attached hydrogen (secondary N) is 1. The Bertz CT molecular complexity index is 970. The van der Waals surface area contributed by atoms with Crippen molar-refractivity contribution in [1.29, 1.82) is 0 Å². The van der Waals surface area contributed by atoms with E-state index < -0.39 is 0 Å². The van der Waals surface area contributed by atoms with Gasteiger partial charge in [0.15, 0.2) is 0 Å². The Morgan fingerprint density at radius 2 is 1.96 bits per heavy atom. The van der Waals surface area contributed by atoms with Crippen molar-refractivity contribution < 1.29 is 9.32 Å². The van der Waals surface area contributed by atoms with Gasteiger partial charge in [0.25, 0.3) is 0 Å². The number of carbonyl (C=O) groups is 1. The van der Waals surface area contributed by atoms with Crippen molar-refractivity contribution in [2.45, 2.75) is 63.3 Å². The molecule has 1 aliphatic heterocycles. The van der Waals surface area contributed by atoms with E-state index in [1.165, 1.54) is 25.7 Å². The minimum absolute atomic E-state index is 0.123. The molecule has 1 saturated heterocycles. The van der Waals surface area contributed by atoms with E-state index in [1.807, 2.05) is 18.2 Å². The third-order valence-corrected chi connectivity index (χ3v) is 6.18. The van der Waals surface area contributed by atoms with Gasteiger partial charge in [-0.3, -0.25) is 4.79 Å². The van der Waals surface area contributed by atoms with Gasteiger partial charge in [0.2, 0.25) is 17.6 Å². The predicted octanol–water partition coefficient (Wildman–Crippen LogP) is 4.04. The minimum atomic E-state index is 0.123. The second kappa shape index (κ2) is 7.37. The van der Waals surface area contributed by atoms with Crippen molar-refractivity contribution in [2.75, 3.05) is 6.54 Å². The monoisotopic (exact) mass is 379 g/mol. The first-order valence-corrected chi connectivity index (χ1v) is 10.3. The van der Waals surface area contributed by atoms with Gasteiger partial charge in [-0.25, -0.2) is 4.98 Å². The molecular weight excluding hydrogens is 354 g/mol. The van der Waals surface area contributed by atoms with Crippen molar-refractivity contribution in [2.24, 2.45) is 0 Å². The fraction of sp³-hybridized carbons (Fsp3) is 0.524. The number of amides is 1. The zero-order chi connectivity index (χ0) is 18.9. The highest BCUT2D eigenvalue weighted by Gasteiger charge is 2.34. The van der Waals surface area contributed by atoms with E-state index in [-0.39, 0.29) is 11.8 Å². The second-order valence-electron chi connectivity index (χ2n) is 8.02. The number of H-pyrrole nitrogens is 1. The molecule has 7 heteroatoms. The van der Waals surface area contributed by atoms with Crippen LogP contribution in [-0.4, -0.2) is 43.5 Å². The molecule has 1 atom stereocenters. The Kier molecular flexibility index (Phi) is 4.58. The average Bonchev–Trinajstić information content (AvgIpc) is 3.31. The highest BCUT2D eigenvalue weighted by atomic mass is 16.5. The summed E-state index contributed by atoms with van der Waals surface area (Å²) in [6.07, 6.45) is 10.3. The van der Waals surface area contributed by atoms with Crippen LogP contribution >= 0.6 is 0 Å². The molecule has 0 spiro atoms. The molecule has 1 aromatic carbocycles. The summed E-state index contributed by atoms with van der Waals surface area (Å²) >= 11 is 0. The number of hydrogen-bond donors (Lipinski definition) is 1. The standard InChI is InChI=1S/C21H25N5O2/c27-19-10-8-15(12-26(19)16-5-3-1-2-4-6-16)21-24-20(25-28-21)14-7-9-17-18(11-14)23-13-22-17/h7,9,11,13,15-16H,1-6,8,10,12H2,(H,22,23)/t15-/m1/s1. The Labute approximate surface area is 163 Å². The highest BCUT2D eigenvalue weighted by molar-refractivity contribution is 5.80. The molecule has 3 heterocycles. The number of piperidine rings is 1. The molecule has 2 aromatic heterocycles. The van der Waals surface area contributed by atoms with Crippen LogP contribution in [0.25, 0.3) is 22.4 Å². The zero-order valence-electron chi connectivity index (χ0n) is 15.9. The van der Waals surface area contributed by atoms with Gasteiger partial charge in [0, 0.05) is 24.6 Å². The summed E-state index contributed by atoms with van der Waals surface area (Å²) in [6.45, 7) is 0.699. The summed E-state index contributed by atoms with van der Waals surface area (Å²) in [7, 11) is 0. The van der Waals surface area contributed by atoms with Crippen molar-refractivity contribution in [1.82, 2.24) is 25.0 Å². The molecule has 1 N–H and O–H groups in total. The first-order valence-electron chi connectivity index (χ1n) is 10.3. The van der Waals surface area contributed by atoms with Crippen LogP contribution in [0.15, 0.2) is 29.0 Å². The molecule has 3 aromatic rings. The van der Waals surface area contributed by atoms with E-state index in [4.69, 9.17) is 4.52 Å². The van der Waals surface area contributed by atoms with Crippen molar-refractivity contribution in [3.05, 3.63) is 30.4 Å². The van der Waals surface area contributed by atoms with E-state index >= 15 is 0 Å². The van der Waals surface area contributed by atoms with Gasteiger partial charge in [-0.15, -0.1) is 0 Å². The number of imidazole rings is 1. The Morgan fingerprint density at radius 3 is 2.82 bits per heavy atom. The van der Waals surface area contributed by atoms with Gasteiger partial charge in [0.05, 0.1) is 23.3 Å². The molecule has 0 unspecified atom stereocenters. The van der Waals surface area contributed by atoms with Crippen LogP contribution in [0.2, 0.25) is 0 Å². The number of hydrogen-bond acceptors (Lipinski definition) is 5. The first kappa shape index (κ1) is 17.4. The molecule has 0 radical (unpaired) electrons. The summed E-state index contributed by atoms with van der Waals surface area (Å²) in [5.74, 6) is 1.64. The summed E-state index contributed by atoms with van der Waals surface area (Å²) in [4.78, 5) is 26.7. The summed E-state index contributed by atoms with van der Waals surface area (Å²) in [5.41, 5.74) is 2.77. The molecule has 146 valence electrons. The smallest absolute Gasteiger partial charge is 0.231 e. The maximum Gasteiger partial charge on any atom is 0.231 e. The molecule has 28 heavy (non-hydrogen) atoms. The van der Waals surface area contributed by atoms with Gasteiger partial charge < -0.3 is 14.4 Å². The number of likely N-dealkylation sites (tertiary alicyclic amines) is 1. The van der Waals surface area contributed by atoms with Crippen LogP contribution in [0.5, 0.6) is 0 Å². The molecule has 5 rings (SSSR count). The maximum atomic E-state index is 12.6. The maximum absolute atomic E-state index is 12.6. The molecule has 7 nitrogen and oxygen atoms in total. The van der Waals surface area contributed by atoms with Gasteiger partial charge >= 0.3 is 0 Å². The number of fused-ring (bicyclic) bond motifs is 1. The van der Waals surface area contributed by atoms with Crippen LogP contribution < -0.4 is 0 Å². The van der Waals surface area contributed by atoms with Gasteiger partial charge in [-0.2, -0.15) is 4.98 Å². The lowest BCUT2D eigenvalue weighted by Gasteiger charge is -2.37. The van der Waals surface area contributed by atoms with E-state index in [0.29, 0.717) is 30.7 Å². The highest BCUT2D eigenvalue weighted by Crippen LogP contribution is 2.32. The predicted molar refractivity (Wildman–Crippen MR) is 105 cm³/mol. The molecule has 0 bridgehead atoms. The lowest BCUT2D eigenvalue weighted by molar-refractivity contribution is -0.136. The molecule has 2 fully saturated rings. The number of rotatable bonds is 3. The molecular formula is C21H25N5O2. The van der Waals surface area contributed by atoms with Crippen LogP contribution in [0, 0.1) is 0 Å².